The Kier molecular flexibility index (Phi) is 5.02. The van der Waals surface area contributed by atoms with Gasteiger partial charge < -0.3 is 20.1 Å². The first kappa shape index (κ1) is 13.3. The third-order valence-electron chi connectivity index (χ3n) is 2.95. The van der Waals surface area contributed by atoms with Crippen LogP contribution in [0, 0.1) is 5.92 Å². The zero-order valence-corrected chi connectivity index (χ0v) is 10.3. The second-order valence-electron chi connectivity index (χ2n) is 4.52. The van der Waals surface area contributed by atoms with Crippen LogP contribution < -0.4 is 5.32 Å². The quantitative estimate of drug-likeness (QED) is 0.738. The standard InChI is InChI=1S/C11H22N2O3/c1-4-16-11(15)12-10-5-9(8(2)14)6-13(3)7-10/h8-10,14H,4-7H2,1-3H3,(H,12,15). The van der Waals surface area contributed by atoms with Gasteiger partial charge in [0, 0.05) is 19.1 Å². The van der Waals surface area contributed by atoms with Crippen molar-refractivity contribution >= 4 is 6.09 Å². The van der Waals surface area contributed by atoms with E-state index in [0.29, 0.717) is 6.61 Å². The van der Waals surface area contributed by atoms with Crippen molar-refractivity contribution in [2.75, 3.05) is 26.7 Å². The summed E-state index contributed by atoms with van der Waals surface area (Å²) in [4.78, 5) is 13.4. The van der Waals surface area contributed by atoms with E-state index >= 15 is 0 Å². The van der Waals surface area contributed by atoms with Crippen LogP contribution in [0.3, 0.4) is 0 Å². The number of carbonyl (C=O) groups excluding carboxylic acids is 1. The molecule has 3 unspecified atom stereocenters. The maximum Gasteiger partial charge on any atom is 0.407 e. The number of hydrogen-bond acceptors (Lipinski definition) is 4. The lowest BCUT2D eigenvalue weighted by Gasteiger charge is -2.37. The molecule has 1 rings (SSSR count). The number of piperidine rings is 1. The Balaban J connectivity index is 2.44. The van der Waals surface area contributed by atoms with Crippen molar-refractivity contribution in [1.29, 1.82) is 0 Å². The van der Waals surface area contributed by atoms with Crippen molar-refractivity contribution in [2.45, 2.75) is 32.4 Å². The summed E-state index contributed by atoms with van der Waals surface area (Å²) < 4.78 is 4.84. The van der Waals surface area contributed by atoms with Crippen LogP contribution in [0.15, 0.2) is 0 Å². The fourth-order valence-electron chi connectivity index (χ4n) is 2.16. The number of aliphatic hydroxyl groups is 1. The summed E-state index contributed by atoms with van der Waals surface area (Å²) in [5.74, 6) is 0.214. The van der Waals surface area contributed by atoms with E-state index in [9.17, 15) is 9.90 Å². The number of alkyl carbamates (subject to hydrolysis) is 1. The van der Waals surface area contributed by atoms with Gasteiger partial charge in [-0.2, -0.15) is 0 Å². The Morgan fingerprint density at radius 3 is 2.88 bits per heavy atom. The molecule has 1 aliphatic heterocycles. The third kappa shape index (κ3) is 3.98. The van der Waals surface area contributed by atoms with Crippen LogP contribution >= 0.6 is 0 Å². The van der Waals surface area contributed by atoms with Gasteiger partial charge in [0.1, 0.15) is 0 Å². The lowest BCUT2D eigenvalue weighted by atomic mass is 9.90. The van der Waals surface area contributed by atoms with E-state index in [0.717, 1.165) is 19.5 Å². The molecule has 0 saturated carbocycles. The molecule has 5 nitrogen and oxygen atoms in total. The molecule has 94 valence electrons. The van der Waals surface area contributed by atoms with Crippen LogP contribution in [0.4, 0.5) is 4.79 Å². The second-order valence-corrected chi connectivity index (χ2v) is 4.52. The van der Waals surface area contributed by atoms with Crippen LogP contribution in [0.25, 0.3) is 0 Å². The normalized spacial score (nSPS) is 28.5. The van der Waals surface area contributed by atoms with Crippen molar-refractivity contribution in [3.8, 4) is 0 Å². The van der Waals surface area contributed by atoms with Gasteiger partial charge in [0.15, 0.2) is 0 Å². The van der Waals surface area contributed by atoms with E-state index in [2.05, 4.69) is 10.2 Å². The number of likely N-dealkylation sites (N-methyl/N-ethyl adjacent to an activating group) is 1. The molecule has 0 aromatic rings. The lowest BCUT2D eigenvalue weighted by Crippen LogP contribution is -2.51. The van der Waals surface area contributed by atoms with Gasteiger partial charge in [-0.05, 0) is 33.2 Å². The second kappa shape index (κ2) is 6.06. The summed E-state index contributed by atoms with van der Waals surface area (Å²) in [6.07, 6.45) is 0.0993. The fourth-order valence-corrected chi connectivity index (χ4v) is 2.16. The Bertz CT molecular complexity index is 233. The van der Waals surface area contributed by atoms with E-state index < -0.39 is 0 Å². The number of amides is 1. The number of hydrogen-bond donors (Lipinski definition) is 2. The highest BCUT2D eigenvalue weighted by molar-refractivity contribution is 5.67. The summed E-state index contributed by atoms with van der Waals surface area (Å²) in [5, 5.41) is 12.4. The van der Waals surface area contributed by atoms with Crippen LogP contribution in [-0.2, 0) is 4.74 Å². The number of nitrogens with one attached hydrogen (secondary N) is 1. The van der Waals surface area contributed by atoms with Gasteiger partial charge in [0.2, 0.25) is 0 Å². The van der Waals surface area contributed by atoms with Gasteiger partial charge in [0.25, 0.3) is 0 Å². The summed E-state index contributed by atoms with van der Waals surface area (Å²) in [7, 11) is 1.99. The molecule has 1 fully saturated rings. The molecule has 16 heavy (non-hydrogen) atoms. The first-order valence-corrected chi connectivity index (χ1v) is 5.82. The van der Waals surface area contributed by atoms with Gasteiger partial charge in [-0.15, -0.1) is 0 Å². The Labute approximate surface area is 96.8 Å². The summed E-state index contributed by atoms with van der Waals surface area (Å²) in [6.45, 7) is 5.64. The molecular formula is C11H22N2O3. The van der Waals surface area contributed by atoms with E-state index in [4.69, 9.17) is 4.74 Å². The van der Waals surface area contributed by atoms with Crippen molar-refractivity contribution < 1.29 is 14.6 Å². The monoisotopic (exact) mass is 230 g/mol. The Morgan fingerprint density at radius 2 is 2.31 bits per heavy atom. The zero-order chi connectivity index (χ0) is 12.1. The van der Waals surface area contributed by atoms with Gasteiger partial charge in [-0.25, -0.2) is 4.79 Å². The highest BCUT2D eigenvalue weighted by Crippen LogP contribution is 2.19. The van der Waals surface area contributed by atoms with E-state index in [1.54, 1.807) is 13.8 Å². The molecule has 0 aromatic heterocycles. The number of nitrogens with zero attached hydrogens (tertiary/aromatic N) is 1. The molecule has 0 radical (unpaired) electrons. The Morgan fingerprint density at radius 1 is 1.62 bits per heavy atom. The first-order valence-electron chi connectivity index (χ1n) is 5.82. The van der Waals surface area contributed by atoms with Crippen molar-refractivity contribution in [1.82, 2.24) is 10.2 Å². The molecule has 1 saturated heterocycles. The predicted octanol–water partition coefficient (Wildman–Crippen LogP) is 0.434. The van der Waals surface area contributed by atoms with Gasteiger partial charge in [-0.3, -0.25) is 0 Å². The molecule has 1 heterocycles. The average molecular weight is 230 g/mol. The van der Waals surface area contributed by atoms with Gasteiger partial charge in [0.05, 0.1) is 12.7 Å². The van der Waals surface area contributed by atoms with Crippen LogP contribution in [0.5, 0.6) is 0 Å². The predicted molar refractivity (Wildman–Crippen MR) is 61.2 cm³/mol. The maximum atomic E-state index is 11.3. The molecule has 0 spiro atoms. The fraction of sp³-hybridized carbons (Fsp3) is 0.909. The summed E-state index contributed by atoms with van der Waals surface area (Å²) >= 11 is 0. The molecular weight excluding hydrogens is 208 g/mol. The summed E-state index contributed by atoms with van der Waals surface area (Å²) in [6, 6.07) is 0.0670. The maximum absolute atomic E-state index is 11.3. The van der Waals surface area contributed by atoms with E-state index in [1.807, 2.05) is 7.05 Å². The Hall–Kier alpha value is -0.810. The largest absolute Gasteiger partial charge is 0.450 e. The van der Waals surface area contributed by atoms with Crippen molar-refractivity contribution in [3.63, 3.8) is 0 Å². The minimum absolute atomic E-state index is 0.0670. The first-order chi connectivity index (χ1) is 7.52. The topological polar surface area (TPSA) is 61.8 Å². The van der Waals surface area contributed by atoms with Crippen LogP contribution in [0.1, 0.15) is 20.3 Å². The van der Waals surface area contributed by atoms with Crippen LogP contribution in [0.2, 0.25) is 0 Å². The molecule has 0 aromatic carbocycles. The molecule has 0 bridgehead atoms. The zero-order valence-electron chi connectivity index (χ0n) is 10.3. The molecule has 1 aliphatic rings. The molecule has 5 heteroatoms. The highest BCUT2D eigenvalue weighted by atomic mass is 16.5. The van der Waals surface area contributed by atoms with Gasteiger partial charge in [-0.1, -0.05) is 0 Å². The lowest BCUT2D eigenvalue weighted by molar-refractivity contribution is 0.0562. The number of likely N-dealkylation sites (tertiary alicyclic amines) is 1. The number of rotatable bonds is 3. The highest BCUT2D eigenvalue weighted by Gasteiger charge is 2.29. The molecule has 0 aliphatic carbocycles. The van der Waals surface area contributed by atoms with E-state index in [1.165, 1.54) is 0 Å². The number of carbonyl (C=O) groups is 1. The number of ether oxygens (including phenoxy) is 1. The van der Waals surface area contributed by atoms with E-state index in [-0.39, 0.29) is 24.2 Å². The van der Waals surface area contributed by atoms with Crippen molar-refractivity contribution in [3.05, 3.63) is 0 Å². The SMILES string of the molecule is CCOC(=O)NC1CC(C(C)O)CN(C)C1. The molecule has 3 atom stereocenters. The smallest absolute Gasteiger partial charge is 0.407 e. The van der Waals surface area contributed by atoms with Crippen LogP contribution in [-0.4, -0.2) is 55.0 Å². The molecule has 1 amide bonds. The minimum Gasteiger partial charge on any atom is -0.450 e. The number of aliphatic hydroxyl groups excluding tert-OH is 1. The average Bonchev–Trinajstić information content (AvgIpc) is 2.16. The molecule has 2 N–H and O–H groups in total. The third-order valence-corrected chi connectivity index (χ3v) is 2.95. The van der Waals surface area contributed by atoms with Gasteiger partial charge >= 0.3 is 6.09 Å². The summed E-state index contributed by atoms with van der Waals surface area (Å²) in [5.41, 5.74) is 0. The minimum atomic E-state index is -0.368. The van der Waals surface area contributed by atoms with Crippen molar-refractivity contribution in [2.24, 2.45) is 5.92 Å².